The Balaban J connectivity index is 1.93. The first kappa shape index (κ1) is 11.0. The molecule has 2 aromatic rings. The van der Waals surface area contributed by atoms with Crippen molar-refractivity contribution in [2.45, 2.75) is 19.3 Å². The van der Waals surface area contributed by atoms with Crippen molar-refractivity contribution in [3.05, 3.63) is 53.6 Å². The zero-order chi connectivity index (χ0) is 12.5. The molecule has 0 saturated heterocycles. The van der Waals surface area contributed by atoms with Crippen molar-refractivity contribution in [1.82, 2.24) is 9.55 Å². The van der Waals surface area contributed by atoms with Gasteiger partial charge in [-0.15, -0.1) is 0 Å². The maximum absolute atomic E-state index is 11.1. The van der Waals surface area contributed by atoms with Crippen LogP contribution in [0.5, 0.6) is 0 Å². The second-order valence-corrected chi connectivity index (χ2v) is 4.20. The van der Waals surface area contributed by atoms with Gasteiger partial charge in [0.15, 0.2) is 0 Å². The van der Waals surface area contributed by atoms with Gasteiger partial charge in [-0.3, -0.25) is 0 Å². The fourth-order valence-electron chi connectivity index (χ4n) is 2.17. The van der Waals surface area contributed by atoms with Crippen LogP contribution in [-0.2, 0) is 17.9 Å². The molecule has 18 heavy (non-hydrogen) atoms. The summed E-state index contributed by atoms with van der Waals surface area (Å²) in [4.78, 5) is 15.0. The quantitative estimate of drug-likeness (QED) is 0.875. The molecule has 1 N–H and O–H groups in total. The minimum Gasteiger partial charge on any atom is -0.475 e. The molecular weight excluding hydrogens is 232 g/mol. The van der Waals surface area contributed by atoms with Crippen molar-refractivity contribution in [3.8, 4) is 0 Å². The first-order valence-electron chi connectivity index (χ1n) is 5.70. The normalized spacial score (nSPS) is 18.3. The van der Waals surface area contributed by atoms with E-state index in [9.17, 15) is 4.79 Å². The lowest BCUT2D eigenvalue weighted by Crippen LogP contribution is -2.23. The fourth-order valence-corrected chi connectivity index (χ4v) is 2.17. The Kier molecular flexibility index (Phi) is 2.60. The minimum atomic E-state index is -1.00. The molecule has 0 radical (unpaired) electrons. The van der Waals surface area contributed by atoms with Gasteiger partial charge in [-0.25, -0.2) is 9.78 Å². The summed E-state index contributed by atoms with van der Waals surface area (Å²) >= 11 is 0. The van der Waals surface area contributed by atoms with Gasteiger partial charge in [-0.2, -0.15) is 0 Å². The van der Waals surface area contributed by atoms with E-state index in [1.54, 1.807) is 10.8 Å². The lowest BCUT2D eigenvalue weighted by Gasteiger charge is -2.25. The van der Waals surface area contributed by atoms with Gasteiger partial charge in [0.05, 0.1) is 25.0 Å². The van der Waals surface area contributed by atoms with Crippen LogP contribution in [0.2, 0.25) is 0 Å². The Bertz CT molecular complexity index is 577. The summed E-state index contributed by atoms with van der Waals surface area (Å²) in [6.45, 7) is 0.876. The van der Waals surface area contributed by atoms with Crippen molar-refractivity contribution >= 4 is 5.97 Å². The SMILES string of the molecule is O=C(O)c1ncc2n1CC(c1ccccc1)OC2. The standard InChI is InChI=1S/C13H12N2O3/c16-13(17)12-14-6-10-8-18-11(7-15(10)12)9-4-2-1-3-5-9/h1-6,11H,7-8H2,(H,16,17). The number of rotatable bonds is 2. The van der Waals surface area contributed by atoms with Crippen molar-refractivity contribution in [2.75, 3.05) is 0 Å². The van der Waals surface area contributed by atoms with Crippen LogP contribution in [-0.4, -0.2) is 20.6 Å². The zero-order valence-corrected chi connectivity index (χ0v) is 9.61. The number of nitrogens with zero attached hydrogens (tertiary/aromatic N) is 2. The fraction of sp³-hybridized carbons (Fsp3) is 0.231. The highest BCUT2D eigenvalue weighted by molar-refractivity contribution is 5.83. The van der Waals surface area contributed by atoms with Crippen LogP contribution < -0.4 is 0 Å². The highest BCUT2D eigenvalue weighted by atomic mass is 16.5. The maximum atomic E-state index is 11.1. The molecule has 1 aliphatic heterocycles. The van der Waals surface area contributed by atoms with Crippen LogP contribution in [0.1, 0.15) is 28.0 Å². The molecule has 0 aliphatic carbocycles. The third-order valence-corrected chi connectivity index (χ3v) is 3.08. The molecule has 1 aromatic carbocycles. The lowest BCUT2D eigenvalue weighted by molar-refractivity contribution is 0.00178. The maximum Gasteiger partial charge on any atom is 0.372 e. The number of carbonyl (C=O) groups is 1. The van der Waals surface area contributed by atoms with Gasteiger partial charge in [0.1, 0.15) is 6.10 Å². The average Bonchev–Trinajstić information content (AvgIpc) is 2.82. The lowest BCUT2D eigenvalue weighted by atomic mass is 10.1. The van der Waals surface area contributed by atoms with Gasteiger partial charge in [-0.1, -0.05) is 30.3 Å². The van der Waals surface area contributed by atoms with Gasteiger partial charge in [0.25, 0.3) is 0 Å². The summed E-state index contributed by atoms with van der Waals surface area (Å²) < 4.78 is 7.44. The number of fused-ring (bicyclic) bond motifs is 1. The molecule has 0 bridgehead atoms. The van der Waals surface area contributed by atoms with Crippen LogP contribution >= 0.6 is 0 Å². The van der Waals surface area contributed by atoms with Crippen LogP contribution in [0.15, 0.2) is 36.5 Å². The molecule has 0 fully saturated rings. The molecule has 92 valence electrons. The highest BCUT2D eigenvalue weighted by Gasteiger charge is 2.25. The predicted molar refractivity (Wildman–Crippen MR) is 63.2 cm³/mol. The molecule has 5 nitrogen and oxygen atoms in total. The van der Waals surface area contributed by atoms with Crippen LogP contribution in [0.4, 0.5) is 0 Å². The largest absolute Gasteiger partial charge is 0.475 e. The van der Waals surface area contributed by atoms with Gasteiger partial charge >= 0.3 is 5.97 Å². The first-order chi connectivity index (χ1) is 8.75. The monoisotopic (exact) mass is 244 g/mol. The number of hydrogen-bond acceptors (Lipinski definition) is 3. The Labute approximate surface area is 104 Å². The third-order valence-electron chi connectivity index (χ3n) is 3.08. The highest BCUT2D eigenvalue weighted by Crippen LogP contribution is 2.27. The van der Waals surface area contributed by atoms with Gasteiger partial charge in [0.2, 0.25) is 5.82 Å². The molecule has 2 heterocycles. The van der Waals surface area contributed by atoms with E-state index in [1.165, 1.54) is 0 Å². The second-order valence-electron chi connectivity index (χ2n) is 4.20. The average molecular weight is 244 g/mol. The molecule has 0 saturated carbocycles. The summed E-state index contributed by atoms with van der Waals surface area (Å²) in [5.41, 5.74) is 1.85. The van der Waals surface area contributed by atoms with Gasteiger partial charge < -0.3 is 14.4 Å². The van der Waals surface area contributed by atoms with E-state index in [2.05, 4.69) is 4.98 Å². The van der Waals surface area contributed by atoms with Crippen molar-refractivity contribution in [2.24, 2.45) is 0 Å². The molecule has 0 spiro atoms. The number of carboxylic acids is 1. The van der Waals surface area contributed by atoms with E-state index in [4.69, 9.17) is 9.84 Å². The van der Waals surface area contributed by atoms with Gasteiger partial charge in [-0.05, 0) is 5.56 Å². The van der Waals surface area contributed by atoms with Crippen LogP contribution in [0.25, 0.3) is 0 Å². The molecule has 1 aliphatic rings. The Hall–Kier alpha value is -2.14. The molecule has 1 unspecified atom stereocenters. The number of imidazole rings is 1. The molecule has 1 aromatic heterocycles. The van der Waals surface area contributed by atoms with E-state index in [1.807, 2.05) is 30.3 Å². The van der Waals surface area contributed by atoms with Crippen LogP contribution in [0.3, 0.4) is 0 Å². The van der Waals surface area contributed by atoms with E-state index < -0.39 is 5.97 Å². The van der Waals surface area contributed by atoms with Crippen molar-refractivity contribution in [1.29, 1.82) is 0 Å². The molecular formula is C13H12N2O3. The number of ether oxygens (including phenoxy) is 1. The topological polar surface area (TPSA) is 64.3 Å². The van der Waals surface area contributed by atoms with E-state index >= 15 is 0 Å². The first-order valence-corrected chi connectivity index (χ1v) is 5.70. The third kappa shape index (κ3) is 1.78. The number of aromatic carboxylic acids is 1. The molecule has 1 atom stereocenters. The number of benzene rings is 1. The van der Waals surface area contributed by atoms with E-state index in [0.717, 1.165) is 11.3 Å². The predicted octanol–water partition coefficient (Wildman–Crippen LogP) is 1.85. The summed E-state index contributed by atoms with van der Waals surface area (Å²) in [5, 5.41) is 9.06. The van der Waals surface area contributed by atoms with E-state index in [-0.39, 0.29) is 11.9 Å². The number of carboxylic acid groups (broad SMARTS) is 1. The summed E-state index contributed by atoms with van der Waals surface area (Å²) in [7, 11) is 0. The Morgan fingerprint density at radius 2 is 2.17 bits per heavy atom. The zero-order valence-electron chi connectivity index (χ0n) is 9.61. The molecule has 0 amide bonds. The summed E-state index contributed by atoms with van der Waals surface area (Å²) in [6, 6.07) is 9.79. The smallest absolute Gasteiger partial charge is 0.372 e. The number of hydrogen-bond donors (Lipinski definition) is 1. The van der Waals surface area contributed by atoms with Gasteiger partial charge in [0, 0.05) is 0 Å². The molecule has 3 rings (SSSR count). The van der Waals surface area contributed by atoms with E-state index in [0.29, 0.717) is 13.2 Å². The van der Waals surface area contributed by atoms with Crippen molar-refractivity contribution < 1.29 is 14.6 Å². The summed E-state index contributed by atoms with van der Waals surface area (Å²) in [5.74, 6) is -0.927. The second kappa shape index (κ2) is 4.27. The minimum absolute atomic E-state index is 0.0780. The summed E-state index contributed by atoms with van der Waals surface area (Å²) in [6.07, 6.45) is 1.44. The molecule has 5 heteroatoms. The Morgan fingerprint density at radius 1 is 1.39 bits per heavy atom. The Morgan fingerprint density at radius 3 is 2.89 bits per heavy atom. The number of aromatic nitrogens is 2. The van der Waals surface area contributed by atoms with Crippen molar-refractivity contribution in [3.63, 3.8) is 0 Å². The van der Waals surface area contributed by atoms with Crippen LogP contribution in [0, 0.1) is 0 Å².